The first-order valence-electron chi connectivity index (χ1n) is 50.6. The number of hydrogen-bond acceptors (Lipinski definition) is 27. The van der Waals surface area contributed by atoms with Gasteiger partial charge in [0.1, 0.15) is 34.9 Å². The number of likely N-dealkylation sites (tertiary alicyclic amines) is 3. The number of allylic oxidation sites excluding steroid dienone is 1. The van der Waals surface area contributed by atoms with Crippen LogP contribution in [0, 0.1) is 51.9 Å². The largest absolute Gasteiger partial charge is 0.492 e. The van der Waals surface area contributed by atoms with E-state index in [1.54, 1.807) is 92.5 Å². The van der Waals surface area contributed by atoms with E-state index in [1.165, 1.54) is 57.5 Å². The molecular weight excluding hydrogens is 2040 g/mol. The molecule has 14 atom stereocenters. The van der Waals surface area contributed by atoms with Crippen molar-refractivity contribution in [1.82, 2.24) is 24.3 Å². The molecule has 1 aliphatic carbocycles. The van der Waals surface area contributed by atoms with E-state index in [1.807, 2.05) is 180 Å². The maximum Gasteiger partial charge on any atom is 0.377 e. The summed E-state index contributed by atoms with van der Waals surface area (Å²) in [5, 5.41) is 38.5. The number of ketones is 1. The molecule has 6 aliphatic rings. The number of carbonyl (C=O) groups is 11. The van der Waals surface area contributed by atoms with E-state index in [4.69, 9.17) is 28.4 Å². The van der Waals surface area contributed by atoms with Gasteiger partial charge in [-0.2, -0.15) is 0 Å². The Balaban J connectivity index is 0.000000234. The van der Waals surface area contributed by atoms with E-state index in [9.17, 15) is 67.9 Å². The molecule has 3 amide bonds. The fourth-order valence-electron chi connectivity index (χ4n) is 19.4. The molecule has 26 nitrogen and oxygen atoms in total. The SMILES string of the molecule is C=CC1CC1(CC(=O)[C@@H]1C[C@@H](Sc2cccc3ccccc23)CN1C(=O)[C@@H](CC(=O)OC(C)(C)C)C(C)(C)C)C(=O)OCC.CC(C)(C)OC(=O)C[C@H](C(=O)N1[CH-]C[C@@H](Sc2cccc3ccccc23)C1)C(C)(C)C.COC(=O)[C@@H]1C[C@@H](Sc2cccc3ccccc23)CN1B(C)O.COC(=O)[C@@H]1C[C@@H](Sc2cccc3ccccc23)CN1C(=O)[C@@H](CC(=O)OC(C)(C)C)C(C)(C)C.COC(=O)[C@@H]1C[C@H](O)CN1B(C)O.[Co].[Co]. The van der Waals surface area contributed by atoms with Gasteiger partial charge in [-0.05, 0) is 210 Å². The van der Waals surface area contributed by atoms with Crippen LogP contribution in [-0.2, 0) is 119 Å². The zero-order valence-electron chi connectivity index (χ0n) is 90.2. The Morgan fingerprint density at radius 3 is 1.07 bits per heavy atom. The van der Waals surface area contributed by atoms with Crippen LogP contribution >= 0.6 is 47.0 Å². The second-order valence-electron chi connectivity index (χ2n) is 44.8. The van der Waals surface area contributed by atoms with Gasteiger partial charge in [0.2, 0.25) is 11.8 Å². The number of aliphatic hydroxyl groups excluding tert-OH is 1. The fraction of sp³-hybridized carbons (Fsp3) is 0.526. The molecule has 808 valence electrons. The smallest absolute Gasteiger partial charge is 0.377 e. The summed E-state index contributed by atoms with van der Waals surface area (Å²) in [5.74, 6) is -5.09. The minimum atomic E-state index is -0.926. The van der Waals surface area contributed by atoms with Crippen molar-refractivity contribution in [3.8, 4) is 0 Å². The minimum absolute atomic E-state index is 0. The van der Waals surface area contributed by atoms with E-state index in [-0.39, 0.29) is 140 Å². The standard InChI is InChI=1S/C36H47NO6S.C28H37NO5S.C26H34NO3S.C17H20BNO3S.C7H14BNO4.2Co/c1-9-24-20-36(24,33(41)42-10-2)21-29(38)28-18-25(44-30-17-13-15-23-14-11-12-16-26(23)30)22-37(28)32(40)27(34(3,4)5)19-31(39)43-35(6,7)8;1-27(2,3)21(16-24(30)34-28(4,5)6)25(31)29-17-19(15-22(29)26(32)33-7)35-23-14-10-12-18-11-8-9-13-20(18)23;1-25(2,3)21(16-23(28)30-26(4,5)6)24(29)27-15-14-19(17-27)31-22-13-9-11-18-10-7-8-12-20(18)22;1-18(21)19-11-13(10-15(19)17(20)22-2)23-16-9-5-7-12-6-3-4-8-14(12)16;1-8(12)9-4-5(10)3-6(9)7(11)13-2;;/h9,11-17,24-25,27-28H,1,10,18-22H2,2-8H3;8-14,19,21-22H,15-17H2,1-7H3;7-13,15,19,21H,14,16-17H2,1-6H3;3-9,13,15,21H,10-11H2,1-2H3;5-6,10,12H,3-4H2,1-2H3;;/q;;-1;;;;/t24?,25-,27-,28+,36?;19-,21-,22+;19-,21-;13-,15+;5-,6-;;/m11110../s1. The van der Waals surface area contributed by atoms with Crippen molar-refractivity contribution in [3.63, 3.8) is 0 Å². The van der Waals surface area contributed by atoms with Gasteiger partial charge in [0.05, 0.1) is 82.5 Å². The number of esters is 7. The second-order valence-corrected chi connectivity index (χ2v) is 50.2. The van der Waals surface area contributed by atoms with Gasteiger partial charge >= 0.3 is 55.9 Å². The number of Topliss-reactive ketones (excluding diaryl/α,β-unsaturated/α-hetero) is 1. The van der Waals surface area contributed by atoms with Gasteiger partial charge in [-0.3, -0.25) is 47.9 Å². The van der Waals surface area contributed by atoms with Crippen molar-refractivity contribution < 1.29 is 135 Å². The monoisotopic (exact) mass is 2190 g/mol. The molecule has 8 aromatic rings. The van der Waals surface area contributed by atoms with Crippen LogP contribution in [0.3, 0.4) is 0 Å². The molecule has 8 aromatic carbocycles. The number of hydrogen-bond donors (Lipinski definition) is 3. The molecule has 148 heavy (non-hydrogen) atoms. The molecule has 5 saturated heterocycles. The van der Waals surface area contributed by atoms with Crippen molar-refractivity contribution in [3.05, 3.63) is 189 Å². The van der Waals surface area contributed by atoms with Gasteiger partial charge < -0.3 is 72.6 Å². The molecule has 5 aliphatic heterocycles. The van der Waals surface area contributed by atoms with Gasteiger partial charge in [-0.1, -0.05) is 214 Å². The topological polar surface area (TPSA) is 329 Å². The Morgan fingerprint density at radius 2 is 0.736 bits per heavy atom. The predicted octanol–water partition coefficient (Wildman–Crippen LogP) is 19.9. The van der Waals surface area contributed by atoms with E-state index in [2.05, 4.69) is 133 Å². The summed E-state index contributed by atoms with van der Waals surface area (Å²) in [5.41, 5.74) is -4.17. The molecule has 1 saturated carbocycles. The Kier molecular flexibility index (Phi) is 45.6. The Bertz CT molecular complexity index is 5900. The molecule has 2 radical (unpaired) electrons. The van der Waals surface area contributed by atoms with Crippen molar-refractivity contribution >= 4 is 170 Å². The molecule has 2 unspecified atom stereocenters. The minimum Gasteiger partial charge on any atom is -0.492 e. The molecule has 0 bridgehead atoms. The average molecular weight is 2200 g/mol. The molecular formula is C114H152B2Co2N5O21S4-. The van der Waals surface area contributed by atoms with E-state index in [0.717, 1.165) is 37.8 Å². The summed E-state index contributed by atoms with van der Waals surface area (Å²) in [6.45, 7) is 47.6. The quantitative estimate of drug-likeness (QED) is 0.0135. The third-order valence-electron chi connectivity index (χ3n) is 26.9. The Labute approximate surface area is 913 Å². The summed E-state index contributed by atoms with van der Waals surface area (Å²) in [7, 11) is 2.65. The third-order valence-corrected chi connectivity index (χ3v) is 32.0. The fourth-order valence-corrected chi connectivity index (χ4v) is 24.7. The van der Waals surface area contributed by atoms with E-state index >= 15 is 0 Å². The van der Waals surface area contributed by atoms with Gasteiger partial charge in [-0.15, -0.1) is 60.0 Å². The summed E-state index contributed by atoms with van der Waals surface area (Å²) in [4.78, 5) is 156. The summed E-state index contributed by atoms with van der Waals surface area (Å²) >= 11 is 6.95. The van der Waals surface area contributed by atoms with Gasteiger partial charge in [-0.25, -0.2) is 11.3 Å². The number of nitrogens with zero attached hydrogens (tertiary/aromatic N) is 5. The number of methoxy groups -OCH3 is 3. The molecule has 14 rings (SSSR count). The first-order chi connectivity index (χ1) is 68.5. The maximum atomic E-state index is 14.4. The number of carbonyl (C=O) groups excluding carboxylic acids is 11. The maximum absolute atomic E-state index is 14.4. The number of benzene rings is 8. The number of ether oxygens (including phenoxy) is 7. The summed E-state index contributed by atoms with van der Waals surface area (Å²) in [6, 6.07) is 55.8. The zero-order valence-corrected chi connectivity index (χ0v) is 95.6. The number of aliphatic hydroxyl groups is 1. The van der Waals surface area contributed by atoms with E-state index in [0.29, 0.717) is 70.1 Å². The number of thioether (sulfide) groups is 4. The first kappa shape index (κ1) is 124. The van der Waals surface area contributed by atoms with Crippen molar-refractivity contribution in [2.24, 2.45) is 45.3 Å². The third kappa shape index (κ3) is 34.4. The van der Waals surface area contributed by atoms with Crippen molar-refractivity contribution in [1.29, 1.82) is 0 Å². The molecule has 0 aromatic heterocycles. The zero-order chi connectivity index (χ0) is 108. The first-order valence-corrected chi connectivity index (χ1v) is 54.1. The van der Waals surface area contributed by atoms with E-state index < -0.39 is 113 Å². The molecule has 6 fully saturated rings. The molecule has 34 heteroatoms. The van der Waals surface area contributed by atoms with Gasteiger partial charge in [0, 0.05) is 108 Å². The molecule has 0 spiro atoms. The van der Waals surface area contributed by atoms with Crippen molar-refractivity contribution in [2.75, 3.05) is 60.7 Å². The van der Waals surface area contributed by atoms with Crippen LogP contribution in [0.5, 0.6) is 0 Å². The Morgan fingerprint density at radius 1 is 0.426 bits per heavy atom. The summed E-state index contributed by atoms with van der Waals surface area (Å²) in [6.07, 6.45) is 4.46. The normalized spacial score (nSPS) is 21.5. The van der Waals surface area contributed by atoms with Crippen LogP contribution in [0.1, 0.15) is 196 Å². The summed E-state index contributed by atoms with van der Waals surface area (Å²) < 4.78 is 36.5. The van der Waals surface area contributed by atoms with Crippen molar-refractivity contribution in [2.45, 2.75) is 297 Å². The predicted molar refractivity (Wildman–Crippen MR) is 582 cm³/mol. The Hall–Kier alpha value is -8.75. The number of β-amino-alcohol motifs (C(OH)–C–C–N with tert-alkyl or cyclic N) is 1. The van der Waals surface area contributed by atoms with Crippen LogP contribution in [0.15, 0.2) is 202 Å². The number of amides is 3. The number of rotatable bonds is 28. The van der Waals surface area contributed by atoms with Gasteiger partial charge in [0.25, 0.3) is 0 Å². The number of fused-ring (bicyclic) bond motifs is 4. The second kappa shape index (κ2) is 54.2. The van der Waals surface area contributed by atoms with Crippen LogP contribution in [-0.4, -0.2) is 248 Å². The van der Waals surface area contributed by atoms with Crippen LogP contribution < -0.4 is 0 Å². The van der Waals surface area contributed by atoms with Crippen LogP contribution in [0.4, 0.5) is 0 Å². The van der Waals surface area contributed by atoms with Crippen LogP contribution in [0.25, 0.3) is 43.1 Å². The molecule has 3 N–H and O–H groups in total. The van der Waals surface area contributed by atoms with Gasteiger partial charge in [0.15, 0.2) is 11.7 Å². The molecule has 5 heterocycles. The van der Waals surface area contributed by atoms with Crippen LogP contribution in [0.2, 0.25) is 13.6 Å². The average Bonchev–Trinajstić information content (AvgIpc) is 1.57.